The fourth-order valence-electron chi connectivity index (χ4n) is 2.09. The van der Waals surface area contributed by atoms with Gasteiger partial charge in [-0.1, -0.05) is 0 Å². The number of hydrogen-bond donors (Lipinski definition) is 1. The van der Waals surface area contributed by atoms with Gasteiger partial charge >= 0.3 is 0 Å². The van der Waals surface area contributed by atoms with Crippen molar-refractivity contribution >= 4 is 5.78 Å². The van der Waals surface area contributed by atoms with Gasteiger partial charge in [0, 0.05) is 19.0 Å². The normalized spacial score (nSPS) is 26.5. The third kappa shape index (κ3) is 1.92. The predicted octanol–water partition coefficient (Wildman–Crippen LogP) is 0.386. The van der Waals surface area contributed by atoms with E-state index in [0.717, 1.165) is 19.4 Å². The monoisotopic (exact) mass is 208 g/mol. The predicted molar refractivity (Wildman–Crippen MR) is 55.5 cm³/mol. The molecule has 2 atom stereocenters. The molecule has 0 spiro atoms. The number of rotatable bonds is 2. The van der Waals surface area contributed by atoms with E-state index in [1.54, 1.807) is 11.7 Å². The van der Waals surface area contributed by atoms with Crippen LogP contribution in [0.15, 0.2) is 6.33 Å². The van der Waals surface area contributed by atoms with Crippen LogP contribution in [-0.2, 0) is 7.05 Å². The fourth-order valence-corrected chi connectivity index (χ4v) is 2.09. The molecule has 0 amide bonds. The van der Waals surface area contributed by atoms with Gasteiger partial charge in [-0.15, -0.1) is 0 Å². The van der Waals surface area contributed by atoms with E-state index in [-0.39, 0.29) is 17.7 Å². The number of nitrogens with one attached hydrogen (secondary N) is 1. The lowest BCUT2D eigenvalue weighted by Crippen LogP contribution is -2.43. The molecule has 0 bridgehead atoms. The van der Waals surface area contributed by atoms with Crippen LogP contribution in [0.1, 0.15) is 30.4 Å². The molecule has 0 aliphatic carbocycles. The van der Waals surface area contributed by atoms with Gasteiger partial charge in [-0.2, -0.15) is 5.10 Å². The maximum atomic E-state index is 12.1. The van der Waals surface area contributed by atoms with Crippen molar-refractivity contribution < 1.29 is 4.79 Å². The Labute approximate surface area is 88.9 Å². The molecule has 82 valence electrons. The Hall–Kier alpha value is -1.23. The molecule has 2 unspecified atom stereocenters. The molecule has 1 aliphatic rings. The summed E-state index contributed by atoms with van der Waals surface area (Å²) >= 11 is 0. The first-order valence-corrected chi connectivity index (χ1v) is 5.31. The molecule has 1 N–H and O–H groups in total. The fraction of sp³-hybridized carbons (Fsp3) is 0.700. The van der Waals surface area contributed by atoms with Gasteiger partial charge in [0.1, 0.15) is 6.33 Å². The van der Waals surface area contributed by atoms with Gasteiger partial charge in [-0.3, -0.25) is 4.79 Å². The molecule has 5 nitrogen and oxygen atoms in total. The van der Waals surface area contributed by atoms with E-state index in [9.17, 15) is 4.79 Å². The van der Waals surface area contributed by atoms with Crippen LogP contribution in [0.3, 0.4) is 0 Å². The quantitative estimate of drug-likeness (QED) is 0.714. The van der Waals surface area contributed by atoms with Gasteiger partial charge in [0.2, 0.25) is 5.78 Å². The number of Topliss-reactive ketones (excluding diaryl/α,β-unsaturated/α-hetero) is 1. The summed E-state index contributed by atoms with van der Waals surface area (Å²) in [5, 5.41) is 7.24. The number of carbonyl (C=O) groups is 1. The number of aromatic nitrogens is 3. The molecule has 0 aromatic carbocycles. The van der Waals surface area contributed by atoms with Gasteiger partial charge in [0.05, 0.1) is 0 Å². The minimum Gasteiger partial charge on any atom is -0.314 e. The Morgan fingerprint density at radius 2 is 2.47 bits per heavy atom. The number of hydrogen-bond acceptors (Lipinski definition) is 4. The van der Waals surface area contributed by atoms with Crippen molar-refractivity contribution in [2.75, 3.05) is 6.54 Å². The Bertz CT molecular complexity index is 360. The van der Waals surface area contributed by atoms with Crippen LogP contribution in [0.2, 0.25) is 0 Å². The van der Waals surface area contributed by atoms with Gasteiger partial charge in [-0.05, 0) is 26.3 Å². The summed E-state index contributed by atoms with van der Waals surface area (Å²) in [5.74, 6) is 0.618. The summed E-state index contributed by atoms with van der Waals surface area (Å²) in [6.07, 6.45) is 3.42. The molecule has 1 aromatic heterocycles. The number of ketones is 1. The van der Waals surface area contributed by atoms with Gasteiger partial charge in [-0.25, -0.2) is 9.67 Å². The molecule has 0 radical (unpaired) electrons. The first-order valence-electron chi connectivity index (χ1n) is 5.31. The maximum absolute atomic E-state index is 12.1. The largest absolute Gasteiger partial charge is 0.314 e. The first-order chi connectivity index (χ1) is 7.20. The summed E-state index contributed by atoms with van der Waals surface area (Å²) in [7, 11) is 1.75. The highest BCUT2D eigenvalue weighted by molar-refractivity contribution is 5.95. The van der Waals surface area contributed by atoms with Crippen molar-refractivity contribution in [3.63, 3.8) is 0 Å². The molecule has 2 heterocycles. The number of piperidine rings is 1. The van der Waals surface area contributed by atoms with Crippen LogP contribution in [0.4, 0.5) is 0 Å². The average molecular weight is 208 g/mol. The Balaban J connectivity index is 2.17. The highest BCUT2D eigenvalue weighted by Gasteiger charge is 2.30. The number of aryl methyl sites for hydroxylation is 1. The lowest BCUT2D eigenvalue weighted by Gasteiger charge is -2.28. The molecule has 5 heteroatoms. The molecule has 1 aromatic rings. The van der Waals surface area contributed by atoms with Gasteiger partial charge in [0.25, 0.3) is 0 Å². The van der Waals surface area contributed by atoms with Crippen molar-refractivity contribution in [3.05, 3.63) is 12.2 Å². The zero-order chi connectivity index (χ0) is 10.8. The second-order valence-corrected chi connectivity index (χ2v) is 4.06. The molecule has 15 heavy (non-hydrogen) atoms. The minimum atomic E-state index is 0.0432. The van der Waals surface area contributed by atoms with E-state index in [0.29, 0.717) is 5.82 Å². The van der Waals surface area contributed by atoms with E-state index in [2.05, 4.69) is 22.3 Å². The number of carbonyl (C=O) groups excluding carboxylic acids is 1. The van der Waals surface area contributed by atoms with Crippen LogP contribution in [0.5, 0.6) is 0 Å². The van der Waals surface area contributed by atoms with Gasteiger partial charge < -0.3 is 5.32 Å². The van der Waals surface area contributed by atoms with E-state index in [1.165, 1.54) is 6.33 Å². The van der Waals surface area contributed by atoms with Crippen LogP contribution < -0.4 is 5.32 Å². The first kappa shape index (κ1) is 10.3. The maximum Gasteiger partial charge on any atom is 0.204 e. The lowest BCUT2D eigenvalue weighted by molar-refractivity contribution is 0.0851. The summed E-state index contributed by atoms with van der Waals surface area (Å²) in [6.45, 7) is 3.06. The summed E-state index contributed by atoms with van der Waals surface area (Å²) in [4.78, 5) is 16.1. The second-order valence-electron chi connectivity index (χ2n) is 4.06. The standard InChI is InChI=1S/C10H16N4O/c1-7-8(4-3-5-11-7)9(15)10-12-6-13-14(10)2/h6-8,11H,3-5H2,1-2H3. The van der Waals surface area contributed by atoms with Crippen molar-refractivity contribution in [2.24, 2.45) is 13.0 Å². The van der Waals surface area contributed by atoms with Gasteiger partial charge in [0.15, 0.2) is 5.82 Å². The Morgan fingerprint density at radius 1 is 1.67 bits per heavy atom. The zero-order valence-corrected chi connectivity index (χ0v) is 9.10. The van der Waals surface area contributed by atoms with Crippen LogP contribution in [-0.4, -0.2) is 33.1 Å². The topological polar surface area (TPSA) is 59.8 Å². The van der Waals surface area contributed by atoms with Crippen LogP contribution in [0, 0.1) is 5.92 Å². The molecule has 1 aliphatic heterocycles. The van der Waals surface area contributed by atoms with Crippen LogP contribution >= 0.6 is 0 Å². The molecule has 0 saturated carbocycles. The Kier molecular flexibility index (Phi) is 2.81. The molecule has 1 saturated heterocycles. The lowest BCUT2D eigenvalue weighted by atomic mass is 9.88. The third-order valence-corrected chi connectivity index (χ3v) is 3.03. The van der Waals surface area contributed by atoms with Crippen molar-refractivity contribution in [2.45, 2.75) is 25.8 Å². The highest BCUT2D eigenvalue weighted by Crippen LogP contribution is 2.19. The van der Waals surface area contributed by atoms with E-state index >= 15 is 0 Å². The van der Waals surface area contributed by atoms with Crippen molar-refractivity contribution in [1.29, 1.82) is 0 Å². The average Bonchev–Trinajstić information content (AvgIpc) is 2.64. The molecule has 2 rings (SSSR count). The number of nitrogens with zero attached hydrogens (tertiary/aromatic N) is 3. The second kappa shape index (κ2) is 4.10. The van der Waals surface area contributed by atoms with E-state index in [4.69, 9.17) is 0 Å². The van der Waals surface area contributed by atoms with Crippen molar-refractivity contribution in [3.8, 4) is 0 Å². The summed E-state index contributed by atoms with van der Waals surface area (Å²) in [6, 6.07) is 0.239. The van der Waals surface area contributed by atoms with E-state index < -0.39 is 0 Å². The van der Waals surface area contributed by atoms with Crippen LogP contribution in [0.25, 0.3) is 0 Å². The molecule has 1 fully saturated rings. The summed E-state index contributed by atoms with van der Waals surface area (Å²) in [5.41, 5.74) is 0. The highest BCUT2D eigenvalue weighted by atomic mass is 16.1. The SMILES string of the molecule is CC1NCCCC1C(=O)c1ncnn1C. The molecular weight excluding hydrogens is 192 g/mol. The van der Waals surface area contributed by atoms with E-state index in [1.807, 2.05) is 0 Å². The minimum absolute atomic E-state index is 0.0432. The Morgan fingerprint density at radius 3 is 3.07 bits per heavy atom. The smallest absolute Gasteiger partial charge is 0.204 e. The molecular formula is C10H16N4O. The van der Waals surface area contributed by atoms with Crippen molar-refractivity contribution in [1.82, 2.24) is 20.1 Å². The third-order valence-electron chi connectivity index (χ3n) is 3.03. The summed E-state index contributed by atoms with van der Waals surface area (Å²) < 4.78 is 1.55. The zero-order valence-electron chi connectivity index (χ0n) is 9.10.